The Labute approximate surface area is 333 Å². The standard InChI is InChI=1S/C56H56/c1-53(2,3)37-25-35(26-38(29-37)54(4,5)6)49-41-19-13-14-20-42(41)50(36-27-39(55(7,8)9)30-40(28-36)56(10,11)12)48-32-46-44-22-16-18-34-24-23-33-17-15-21-43(51(33)52(34)44)45(46)31-47(48)49/h13-32H,1-12H3. The first-order chi connectivity index (χ1) is 26.3. The number of fused-ring (bicyclic) bond motifs is 5. The Bertz CT molecular complexity index is 2760. The van der Waals surface area contributed by atoms with Gasteiger partial charge in [-0.05, 0) is 143 Å². The average Bonchev–Trinajstić information content (AvgIpc) is 3.14. The van der Waals surface area contributed by atoms with E-state index in [1.807, 2.05) is 0 Å². The van der Waals surface area contributed by atoms with Gasteiger partial charge in [0.1, 0.15) is 0 Å². The minimum absolute atomic E-state index is 0.00445. The molecule has 0 radical (unpaired) electrons. The molecule has 9 aromatic rings. The molecule has 0 atom stereocenters. The molecule has 0 bridgehead atoms. The summed E-state index contributed by atoms with van der Waals surface area (Å²) in [5.74, 6) is 0. The first kappa shape index (κ1) is 36.4. The van der Waals surface area contributed by atoms with Gasteiger partial charge in [-0.3, -0.25) is 0 Å². The fourth-order valence-electron chi connectivity index (χ4n) is 9.17. The van der Waals surface area contributed by atoms with Crippen molar-refractivity contribution in [1.82, 2.24) is 0 Å². The Morgan fingerprint density at radius 2 is 0.589 bits per heavy atom. The summed E-state index contributed by atoms with van der Waals surface area (Å²) < 4.78 is 0. The third kappa shape index (κ3) is 5.79. The molecular weight excluding hydrogens is 673 g/mol. The molecule has 0 amide bonds. The van der Waals surface area contributed by atoms with E-state index < -0.39 is 0 Å². The zero-order valence-corrected chi connectivity index (χ0v) is 35.5. The van der Waals surface area contributed by atoms with E-state index in [2.05, 4.69) is 204 Å². The van der Waals surface area contributed by atoms with E-state index >= 15 is 0 Å². The van der Waals surface area contributed by atoms with Crippen molar-refractivity contribution in [2.24, 2.45) is 0 Å². The monoisotopic (exact) mass is 728 g/mol. The van der Waals surface area contributed by atoms with Crippen LogP contribution >= 0.6 is 0 Å². The van der Waals surface area contributed by atoms with Crippen LogP contribution in [0.4, 0.5) is 0 Å². The molecule has 280 valence electrons. The molecule has 0 heterocycles. The topological polar surface area (TPSA) is 0 Å². The first-order valence-electron chi connectivity index (χ1n) is 20.6. The van der Waals surface area contributed by atoms with Crippen LogP contribution in [0.3, 0.4) is 0 Å². The first-order valence-corrected chi connectivity index (χ1v) is 20.6. The van der Waals surface area contributed by atoms with Gasteiger partial charge < -0.3 is 0 Å². The largest absolute Gasteiger partial charge is 0.0616 e. The van der Waals surface area contributed by atoms with E-state index in [0.717, 1.165) is 0 Å². The summed E-state index contributed by atoms with van der Waals surface area (Å²) in [6.07, 6.45) is 0. The van der Waals surface area contributed by atoms with Crippen molar-refractivity contribution < 1.29 is 0 Å². The zero-order chi connectivity index (χ0) is 39.7. The maximum Gasteiger partial charge on any atom is -0.00203 e. The number of hydrogen-bond acceptors (Lipinski definition) is 0. The molecule has 0 fully saturated rings. The van der Waals surface area contributed by atoms with Crippen molar-refractivity contribution in [2.75, 3.05) is 0 Å². The summed E-state index contributed by atoms with van der Waals surface area (Å²) in [4.78, 5) is 0. The van der Waals surface area contributed by atoms with E-state index in [4.69, 9.17) is 0 Å². The van der Waals surface area contributed by atoms with Crippen LogP contribution in [0.15, 0.2) is 121 Å². The van der Waals surface area contributed by atoms with Crippen molar-refractivity contribution in [2.45, 2.75) is 105 Å². The van der Waals surface area contributed by atoms with Crippen LogP contribution in [-0.2, 0) is 21.7 Å². The van der Waals surface area contributed by atoms with Crippen LogP contribution in [-0.4, -0.2) is 0 Å². The molecule has 9 rings (SSSR count). The van der Waals surface area contributed by atoms with Crippen LogP contribution in [0.1, 0.15) is 105 Å². The highest BCUT2D eigenvalue weighted by Crippen LogP contribution is 2.50. The maximum atomic E-state index is 2.57. The molecule has 0 aliphatic rings. The minimum atomic E-state index is -0.00445. The third-order valence-corrected chi connectivity index (χ3v) is 12.5. The lowest BCUT2D eigenvalue weighted by atomic mass is 9.76. The van der Waals surface area contributed by atoms with Gasteiger partial charge in [0.05, 0.1) is 0 Å². The van der Waals surface area contributed by atoms with Crippen molar-refractivity contribution in [3.8, 4) is 22.3 Å². The Balaban J connectivity index is 1.55. The van der Waals surface area contributed by atoms with Crippen molar-refractivity contribution in [1.29, 1.82) is 0 Å². The third-order valence-electron chi connectivity index (χ3n) is 12.5. The molecule has 0 saturated heterocycles. The van der Waals surface area contributed by atoms with E-state index in [1.54, 1.807) is 0 Å². The molecule has 0 unspecified atom stereocenters. The van der Waals surface area contributed by atoms with Crippen LogP contribution in [0, 0.1) is 0 Å². The molecule has 0 N–H and O–H groups in total. The van der Waals surface area contributed by atoms with Gasteiger partial charge in [-0.2, -0.15) is 0 Å². The summed E-state index contributed by atoms with van der Waals surface area (Å²) in [5.41, 5.74) is 10.7. The van der Waals surface area contributed by atoms with Crippen molar-refractivity contribution >= 4 is 64.6 Å². The second-order valence-electron chi connectivity index (χ2n) is 20.7. The van der Waals surface area contributed by atoms with Crippen molar-refractivity contribution in [3.63, 3.8) is 0 Å². The lowest BCUT2D eigenvalue weighted by Gasteiger charge is -2.28. The van der Waals surface area contributed by atoms with Gasteiger partial charge in [0.15, 0.2) is 0 Å². The van der Waals surface area contributed by atoms with Gasteiger partial charge in [-0.15, -0.1) is 0 Å². The normalized spacial score (nSPS) is 13.4. The maximum absolute atomic E-state index is 2.57. The van der Waals surface area contributed by atoms with Gasteiger partial charge >= 0.3 is 0 Å². The molecule has 0 aromatic heterocycles. The van der Waals surface area contributed by atoms with Gasteiger partial charge in [0, 0.05) is 0 Å². The Kier molecular flexibility index (Phi) is 7.91. The van der Waals surface area contributed by atoms with E-state index in [1.165, 1.54) is 109 Å². The lowest BCUT2D eigenvalue weighted by molar-refractivity contribution is 0.568. The summed E-state index contributed by atoms with van der Waals surface area (Å²) in [5, 5.41) is 15.9. The fourth-order valence-corrected chi connectivity index (χ4v) is 9.17. The fraction of sp³-hybridized carbons (Fsp3) is 0.286. The van der Waals surface area contributed by atoms with Crippen molar-refractivity contribution in [3.05, 3.63) is 144 Å². The molecule has 0 heteroatoms. The predicted octanol–water partition coefficient (Wildman–Crippen LogP) is 16.6. The Morgan fingerprint density at radius 1 is 0.268 bits per heavy atom. The second kappa shape index (κ2) is 12.1. The quantitative estimate of drug-likeness (QED) is 0.123. The highest BCUT2D eigenvalue weighted by Gasteiger charge is 2.27. The van der Waals surface area contributed by atoms with Gasteiger partial charge in [-0.25, -0.2) is 0 Å². The predicted molar refractivity (Wildman–Crippen MR) is 248 cm³/mol. The zero-order valence-electron chi connectivity index (χ0n) is 35.5. The van der Waals surface area contributed by atoms with Gasteiger partial charge in [0.25, 0.3) is 0 Å². The average molecular weight is 729 g/mol. The number of hydrogen-bond donors (Lipinski definition) is 0. The van der Waals surface area contributed by atoms with E-state index in [0.29, 0.717) is 0 Å². The van der Waals surface area contributed by atoms with E-state index in [9.17, 15) is 0 Å². The smallest absolute Gasteiger partial charge is 0.00203 e. The molecule has 0 aliphatic carbocycles. The molecule has 9 aromatic carbocycles. The van der Waals surface area contributed by atoms with E-state index in [-0.39, 0.29) is 21.7 Å². The summed E-state index contributed by atoms with van der Waals surface area (Å²) >= 11 is 0. The molecule has 0 nitrogen and oxygen atoms in total. The van der Waals surface area contributed by atoms with Gasteiger partial charge in [0.2, 0.25) is 0 Å². The SMILES string of the molecule is CC(C)(C)c1cc(-c2c3ccccc3c(-c3cc(C(C)(C)C)cc(C(C)(C)C)c3)c3cc4c(cc23)c2cccc3ccc5cccc4c5c32)cc(C(C)(C)C)c1. The highest BCUT2D eigenvalue weighted by molar-refractivity contribution is 6.36. The Morgan fingerprint density at radius 3 is 0.911 bits per heavy atom. The minimum Gasteiger partial charge on any atom is -0.0616 e. The number of rotatable bonds is 2. The van der Waals surface area contributed by atoms with Crippen LogP contribution in [0.25, 0.3) is 86.9 Å². The molecular formula is C56H56. The molecule has 0 aliphatic heterocycles. The van der Waals surface area contributed by atoms with Crippen LogP contribution in [0.2, 0.25) is 0 Å². The lowest BCUT2D eigenvalue weighted by Crippen LogP contribution is -2.16. The summed E-state index contributed by atoms with van der Waals surface area (Å²) in [7, 11) is 0. The van der Waals surface area contributed by atoms with Gasteiger partial charge in [-0.1, -0.05) is 192 Å². The summed E-state index contributed by atoms with van der Waals surface area (Å²) in [6, 6.07) is 47.6. The Hall–Kier alpha value is -5.20. The second-order valence-corrected chi connectivity index (χ2v) is 20.7. The van der Waals surface area contributed by atoms with Crippen LogP contribution in [0.5, 0.6) is 0 Å². The summed E-state index contributed by atoms with van der Waals surface area (Å²) in [6.45, 7) is 28.2. The van der Waals surface area contributed by atoms with Crippen LogP contribution < -0.4 is 0 Å². The molecule has 0 saturated carbocycles. The molecule has 56 heavy (non-hydrogen) atoms. The highest BCUT2D eigenvalue weighted by atomic mass is 14.3. The number of benzene rings is 9. The molecule has 0 spiro atoms.